The van der Waals surface area contributed by atoms with E-state index in [-0.39, 0.29) is 0 Å². The van der Waals surface area contributed by atoms with Gasteiger partial charge in [0.05, 0.1) is 11.8 Å². The first-order chi connectivity index (χ1) is 9.33. The van der Waals surface area contributed by atoms with Gasteiger partial charge in [-0.05, 0) is 38.4 Å². The zero-order valence-electron chi connectivity index (χ0n) is 12.1. The fraction of sp³-hybridized carbons (Fsp3) is 0.667. The Kier molecular flexibility index (Phi) is 5.61. The largest absolute Gasteiger partial charge is 0.377 e. The van der Waals surface area contributed by atoms with Gasteiger partial charge in [-0.2, -0.15) is 0 Å². The average Bonchev–Trinajstić information content (AvgIpc) is 2.46. The summed E-state index contributed by atoms with van der Waals surface area (Å²) in [6.07, 6.45) is 4.67. The van der Waals surface area contributed by atoms with Crippen LogP contribution in [0.4, 0.5) is 5.69 Å². The standard InChI is InChI=1S/C15H25N3O/c1-3-16-11-13-10-14(7-8-17-13)18-9-5-6-15(12-18)19-4-2/h7-8,10,15-16H,3-6,9,11-12H2,1-2H3. The molecular formula is C15H25N3O. The van der Waals surface area contributed by atoms with Crippen LogP contribution in [-0.2, 0) is 11.3 Å². The van der Waals surface area contributed by atoms with Crippen LogP contribution in [0.25, 0.3) is 0 Å². The van der Waals surface area contributed by atoms with E-state index in [2.05, 4.69) is 41.2 Å². The molecule has 0 bridgehead atoms. The van der Waals surface area contributed by atoms with Crippen LogP contribution in [0.2, 0.25) is 0 Å². The molecule has 1 aromatic rings. The van der Waals surface area contributed by atoms with Crippen molar-refractivity contribution in [2.75, 3.05) is 31.1 Å². The molecule has 0 aromatic carbocycles. The summed E-state index contributed by atoms with van der Waals surface area (Å²) < 4.78 is 5.76. The number of rotatable bonds is 6. The molecular weight excluding hydrogens is 238 g/mol. The summed E-state index contributed by atoms with van der Waals surface area (Å²) in [4.78, 5) is 6.82. The number of hydrogen-bond donors (Lipinski definition) is 1. The van der Waals surface area contributed by atoms with Crippen LogP contribution < -0.4 is 10.2 Å². The third-order valence-electron chi connectivity index (χ3n) is 3.50. The van der Waals surface area contributed by atoms with Crippen LogP contribution in [0.1, 0.15) is 32.4 Å². The minimum atomic E-state index is 0.379. The molecule has 4 nitrogen and oxygen atoms in total. The van der Waals surface area contributed by atoms with Crippen LogP contribution in [0.3, 0.4) is 0 Å². The van der Waals surface area contributed by atoms with Gasteiger partial charge in [0.1, 0.15) is 0 Å². The minimum absolute atomic E-state index is 0.379. The van der Waals surface area contributed by atoms with Gasteiger partial charge in [0.15, 0.2) is 0 Å². The van der Waals surface area contributed by atoms with Crippen molar-refractivity contribution in [1.29, 1.82) is 0 Å². The third kappa shape index (κ3) is 4.18. The summed E-state index contributed by atoms with van der Waals surface area (Å²) in [5, 5.41) is 3.32. The molecule has 0 saturated carbocycles. The van der Waals surface area contributed by atoms with E-state index in [4.69, 9.17) is 4.74 Å². The number of nitrogens with zero attached hydrogens (tertiary/aromatic N) is 2. The van der Waals surface area contributed by atoms with Crippen molar-refractivity contribution in [3.05, 3.63) is 24.0 Å². The fourth-order valence-corrected chi connectivity index (χ4v) is 2.56. The molecule has 1 aliphatic heterocycles. The van der Waals surface area contributed by atoms with Crippen LogP contribution in [0.5, 0.6) is 0 Å². The number of hydrogen-bond acceptors (Lipinski definition) is 4. The molecule has 2 heterocycles. The maximum atomic E-state index is 5.76. The van der Waals surface area contributed by atoms with Crippen molar-refractivity contribution in [2.45, 2.75) is 39.3 Å². The Hall–Kier alpha value is -1.13. The summed E-state index contributed by atoms with van der Waals surface area (Å²) in [5.74, 6) is 0. The Morgan fingerprint density at radius 3 is 3.16 bits per heavy atom. The van der Waals surface area contributed by atoms with E-state index >= 15 is 0 Å². The Balaban J connectivity index is 1.99. The lowest BCUT2D eigenvalue weighted by Crippen LogP contribution is -2.39. The molecule has 1 aromatic heterocycles. The smallest absolute Gasteiger partial charge is 0.0750 e. The van der Waals surface area contributed by atoms with Crippen LogP contribution in [0, 0.1) is 0 Å². The highest BCUT2D eigenvalue weighted by molar-refractivity contribution is 5.47. The Labute approximate surface area is 116 Å². The van der Waals surface area contributed by atoms with Crippen LogP contribution in [-0.4, -0.2) is 37.3 Å². The summed E-state index contributed by atoms with van der Waals surface area (Å²) in [6, 6.07) is 4.29. The molecule has 0 spiro atoms. The quantitative estimate of drug-likeness (QED) is 0.854. The van der Waals surface area contributed by atoms with Gasteiger partial charge >= 0.3 is 0 Å². The van der Waals surface area contributed by atoms with Gasteiger partial charge in [-0.1, -0.05) is 6.92 Å². The van der Waals surface area contributed by atoms with E-state index in [0.717, 1.165) is 38.5 Å². The lowest BCUT2D eigenvalue weighted by Gasteiger charge is -2.34. The molecule has 19 heavy (non-hydrogen) atoms. The molecule has 1 unspecified atom stereocenters. The van der Waals surface area contributed by atoms with Gasteiger partial charge in [0.2, 0.25) is 0 Å². The highest BCUT2D eigenvalue weighted by atomic mass is 16.5. The van der Waals surface area contributed by atoms with E-state index < -0.39 is 0 Å². The zero-order chi connectivity index (χ0) is 13.5. The van der Waals surface area contributed by atoms with Gasteiger partial charge in [-0.25, -0.2) is 0 Å². The SMILES string of the molecule is CCNCc1cc(N2CCCC(OCC)C2)ccn1. The highest BCUT2D eigenvalue weighted by Crippen LogP contribution is 2.21. The predicted octanol–water partition coefficient (Wildman–Crippen LogP) is 2.20. The first kappa shape index (κ1) is 14.3. The monoisotopic (exact) mass is 263 g/mol. The molecule has 0 radical (unpaired) electrons. The second kappa shape index (κ2) is 7.46. The van der Waals surface area contributed by atoms with Crippen LogP contribution >= 0.6 is 0 Å². The van der Waals surface area contributed by atoms with Crippen LogP contribution in [0.15, 0.2) is 18.3 Å². The topological polar surface area (TPSA) is 37.4 Å². The summed E-state index contributed by atoms with van der Waals surface area (Å²) >= 11 is 0. The van der Waals surface area contributed by atoms with E-state index in [1.165, 1.54) is 18.5 Å². The first-order valence-electron chi connectivity index (χ1n) is 7.35. The summed E-state index contributed by atoms with van der Waals surface area (Å²) in [5.41, 5.74) is 2.38. The molecule has 4 heteroatoms. The lowest BCUT2D eigenvalue weighted by atomic mass is 10.1. The second-order valence-corrected chi connectivity index (χ2v) is 4.95. The molecule has 106 valence electrons. The Morgan fingerprint density at radius 2 is 2.37 bits per heavy atom. The molecule has 1 aliphatic rings. The average molecular weight is 263 g/mol. The van der Waals surface area contributed by atoms with Gasteiger partial charge < -0.3 is 15.0 Å². The van der Waals surface area contributed by atoms with E-state index in [9.17, 15) is 0 Å². The number of pyridine rings is 1. The number of ether oxygens (including phenoxy) is 1. The van der Waals surface area contributed by atoms with Crippen molar-refractivity contribution >= 4 is 5.69 Å². The fourth-order valence-electron chi connectivity index (χ4n) is 2.56. The van der Waals surface area contributed by atoms with Crippen molar-refractivity contribution in [3.8, 4) is 0 Å². The van der Waals surface area contributed by atoms with Crippen molar-refractivity contribution in [3.63, 3.8) is 0 Å². The lowest BCUT2D eigenvalue weighted by molar-refractivity contribution is 0.0526. The second-order valence-electron chi connectivity index (χ2n) is 4.95. The highest BCUT2D eigenvalue weighted by Gasteiger charge is 2.20. The van der Waals surface area contributed by atoms with Gasteiger partial charge in [-0.3, -0.25) is 4.98 Å². The molecule has 1 saturated heterocycles. The number of nitrogens with one attached hydrogen (secondary N) is 1. The maximum absolute atomic E-state index is 5.76. The van der Waals surface area contributed by atoms with Crippen molar-refractivity contribution in [1.82, 2.24) is 10.3 Å². The Bertz CT molecular complexity index is 381. The zero-order valence-corrected chi connectivity index (χ0v) is 12.1. The number of aromatic nitrogens is 1. The van der Waals surface area contributed by atoms with Gasteiger partial charge in [0, 0.05) is 38.1 Å². The third-order valence-corrected chi connectivity index (χ3v) is 3.50. The molecule has 1 N–H and O–H groups in total. The van der Waals surface area contributed by atoms with Gasteiger partial charge in [0.25, 0.3) is 0 Å². The molecule has 0 amide bonds. The van der Waals surface area contributed by atoms with E-state index in [1.807, 2.05) is 6.20 Å². The molecule has 1 atom stereocenters. The van der Waals surface area contributed by atoms with Crippen molar-refractivity contribution < 1.29 is 4.74 Å². The minimum Gasteiger partial charge on any atom is -0.377 e. The van der Waals surface area contributed by atoms with E-state index in [0.29, 0.717) is 6.10 Å². The number of piperidine rings is 1. The number of anilines is 1. The normalized spacial score (nSPS) is 19.7. The molecule has 2 rings (SSSR count). The summed E-state index contributed by atoms with van der Waals surface area (Å²) in [7, 11) is 0. The Morgan fingerprint density at radius 1 is 1.47 bits per heavy atom. The molecule has 0 aliphatic carbocycles. The molecule has 1 fully saturated rings. The summed E-state index contributed by atoms with van der Waals surface area (Å²) in [6.45, 7) is 8.92. The van der Waals surface area contributed by atoms with Crippen molar-refractivity contribution in [2.24, 2.45) is 0 Å². The van der Waals surface area contributed by atoms with E-state index in [1.54, 1.807) is 0 Å². The maximum Gasteiger partial charge on any atom is 0.0750 e. The predicted molar refractivity (Wildman–Crippen MR) is 78.5 cm³/mol. The first-order valence-corrected chi connectivity index (χ1v) is 7.35. The van der Waals surface area contributed by atoms with Gasteiger partial charge in [-0.15, -0.1) is 0 Å².